The van der Waals surface area contributed by atoms with E-state index < -0.39 is 28.4 Å². The third-order valence-corrected chi connectivity index (χ3v) is 9.55. The smallest absolute Gasteiger partial charge is 0.323 e. The predicted molar refractivity (Wildman–Crippen MR) is 155 cm³/mol. The van der Waals surface area contributed by atoms with Crippen molar-refractivity contribution >= 4 is 56.3 Å². The van der Waals surface area contributed by atoms with Crippen molar-refractivity contribution in [2.75, 3.05) is 19.6 Å². The van der Waals surface area contributed by atoms with Gasteiger partial charge < -0.3 is 9.84 Å². The van der Waals surface area contributed by atoms with Crippen LogP contribution in [0.2, 0.25) is 0 Å². The largest absolute Gasteiger partial charge is 0.480 e. The fourth-order valence-electron chi connectivity index (χ4n) is 4.62. The first-order valence-corrected chi connectivity index (χ1v) is 15.1. The monoisotopic (exact) mass is 598 g/mol. The molecule has 40 heavy (non-hydrogen) atoms. The molecule has 13 heteroatoms. The standard InChI is InChI=1S/C27H26N4O6S3/c1-17-13-29(14-18(2)37-17)40(35,36)22-10-6-7-19(11-22)25-20(15-31(28-25)21-8-4-3-5-9-21)12-23-26(34)30(16-24(32)33)27(38)39-23/h3-12,15,17-18H,13-14,16H2,1-2H3,(H,32,33)/b23-12-/t17-,18-/m1/s1. The number of ether oxygens (including phenoxy) is 1. The molecule has 3 aromatic rings. The number of carbonyl (C=O) groups is 2. The summed E-state index contributed by atoms with van der Waals surface area (Å²) in [6, 6.07) is 15.9. The Bertz CT molecular complexity index is 1610. The first-order valence-electron chi connectivity index (χ1n) is 12.4. The van der Waals surface area contributed by atoms with E-state index in [1.807, 2.05) is 44.2 Å². The molecule has 0 spiro atoms. The molecule has 0 unspecified atom stereocenters. The Hall–Kier alpha value is -3.36. The van der Waals surface area contributed by atoms with Crippen LogP contribution in [0.1, 0.15) is 19.4 Å². The second-order valence-corrected chi connectivity index (χ2v) is 13.1. The molecule has 0 saturated carbocycles. The summed E-state index contributed by atoms with van der Waals surface area (Å²) in [7, 11) is -3.81. The number of rotatable bonds is 7. The summed E-state index contributed by atoms with van der Waals surface area (Å²) in [5, 5.41) is 13.9. The number of amides is 1. The molecule has 10 nitrogen and oxygen atoms in total. The van der Waals surface area contributed by atoms with Gasteiger partial charge in [-0.25, -0.2) is 13.1 Å². The minimum Gasteiger partial charge on any atom is -0.480 e. The summed E-state index contributed by atoms with van der Waals surface area (Å²) >= 11 is 6.25. The first kappa shape index (κ1) is 28.2. The second-order valence-electron chi connectivity index (χ2n) is 9.48. The molecule has 0 aliphatic carbocycles. The molecule has 1 N–H and O–H groups in total. The number of carbonyl (C=O) groups excluding carboxylic acids is 1. The molecular weight excluding hydrogens is 573 g/mol. The Morgan fingerprint density at radius 1 is 1.15 bits per heavy atom. The van der Waals surface area contributed by atoms with Gasteiger partial charge in [0.15, 0.2) is 0 Å². The van der Waals surface area contributed by atoms with E-state index in [1.54, 1.807) is 41.2 Å². The minimum absolute atomic E-state index is 0.124. The first-order chi connectivity index (χ1) is 19.0. The lowest BCUT2D eigenvalue weighted by atomic mass is 10.1. The zero-order valence-corrected chi connectivity index (χ0v) is 24.1. The zero-order valence-electron chi connectivity index (χ0n) is 21.6. The maximum atomic E-state index is 13.6. The lowest BCUT2D eigenvalue weighted by molar-refractivity contribution is -0.140. The highest BCUT2D eigenvalue weighted by atomic mass is 32.2. The van der Waals surface area contributed by atoms with Crippen LogP contribution < -0.4 is 0 Å². The quantitative estimate of drug-likeness (QED) is 0.321. The number of carboxylic acid groups (broad SMARTS) is 1. The van der Waals surface area contributed by atoms with E-state index in [1.165, 1.54) is 4.31 Å². The predicted octanol–water partition coefficient (Wildman–Crippen LogP) is 3.62. The highest BCUT2D eigenvalue weighted by molar-refractivity contribution is 8.26. The number of sulfonamides is 1. The Morgan fingerprint density at radius 3 is 2.52 bits per heavy atom. The van der Waals surface area contributed by atoms with Gasteiger partial charge >= 0.3 is 5.97 Å². The van der Waals surface area contributed by atoms with Gasteiger partial charge in [-0.3, -0.25) is 14.5 Å². The molecule has 2 aliphatic rings. The molecule has 3 heterocycles. The fraction of sp³-hybridized carbons (Fsp3) is 0.259. The molecular formula is C27H26N4O6S3. The third-order valence-electron chi connectivity index (χ3n) is 6.35. The average molecular weight is 599 g/mol. The summed E-state index contributed by atoms with van der Waals surface area (Å²) in [4.78, 5) is 25.6. The second kappa shape index (κ2) is 11.3. The van der Waals surface area contributed by atoms with Gasteiger partial charge in [-0.1, -0.05) is 54.3 Å². The molecule has 1 amide bonds. The number of hydrogen-bond acceptors (Lipinski definition) is 8. The van der Waals surface area contributed by atoms with Gasteiger partial charge in [-0.15, -0.1) is 0 Å². The van der Waals surface area contributed by atoms with Crippen molar-refractivity contribution in [2.24, 2.45) is 0 Å². The van der Waals surface area contributed by atoms with Crippen LogP contribution in [0.3, 0.4) is 0 Å². The van der Waals surface area contributed by atoms with Crippen LogP contribution in [0.25, 0.3) is 23.0 Å². The normalized spacial score (nSPS) is 21.4. The Balaban J connectivity index is 1.57. The molecule has 0 bridgehead atoms. The molecule has 208 valence electrons. The molecule has 1 aromatic heterocycles. The number of nitrogens with zero attached hydrogens (tertiary/aromatic N) is 4. The number of benzene rings is 2. The van der Waals surface area contributed by atoms with E-state index >= 15 is 0 Å². The average Bonchev–Trinajstić information content (AvgIpc) is 3.45. The number of aliphatic carboxylic acids is 1. The molecule has 0 radical (unpaired) electrons. The van der Waals surface area contributed by atoms with Crippen molar-refractivity contribution in [3.63, 3.8) is 0 Å². The van der Waals surface area contributed by atoms with Crippen LogP contribution in [0, 0.1) is 0 Å². The van der Waals surface area contributed by atoms with E-state index in [4.69, 9.17) is 27.2 Å². The number of aromatic nitrogens is 2. The van der Waals surface area contributed by atoms with Crippen molar-refractivity contribution in [3.8, 4) is 16.9 Å². The van der Waals surface area contributed by atoms with Crippen molar-refractivity contribution in [1.82, 2.24) is 19.0 Å². The molecule has 2 aliphatic heterocycles. The van der Waals surface area contributed by atoms with Crippen LogP contribution >= 0.6 is 24.0 Å². The SMILES string of the molecule is C[C@@H]1CN(S(=O)(=O)c2cccc(-c3nn(-c4ccccc4)cc3/C=C3\SC(=S)N(CC(=O)O)C3=O)c2)C[C@@H](C)O1. The highest BCUT2D eigenvalue weighted by Crippen LogP contribution is 2.35. The Kier molecular flexibility index (Phi) is 7.93. The van der Waals surface area contributed by atoms with E-state index in [0.29, 0.717) is 16.8 Å². The van der Waals surface area contributed by atoms with Crippen molar-refractivity contribution in [3.05, 3.63) is 71.3 Å². The number of thiocarbonyl (C=S) groups is 1. The number of carboxylic acids is 1. The minimum atomic E-state index is -3.81. The van der Waals surface area contributed by atoms with Crippen molar-refractivity contribution < 1.29 is 27.9 Å². The molecule has 2 fully saturated rings. The summed E-state index contributed by atoms with van der Waals surface area (Å²) in [5.41, 5.74) is 2.30. The molecule has 2 aromatic carbocycles. The van der Waals surface area contributed by atoms with Gasteiger partial charge in [0.1, 0.15) is 16.6 Å². The number of thioether (sulfide) groups is 1. The van der Waals surface area contributed by atoms with Crippen LogP contribution in [0.15, 0.2) is 70.6 Å². The highest BCUT2D eigenvalue weighted by Gasteiger charge is 2.34. The molecule has 2 atom stereocenters. The van der Waals surface area contributed by atoms with E-state index in [0.717, 1.165) is 22.3 Å². The van der Waals surface area contributed by atoms with E-state index in [9.17, 15) is 18.0 Å². The topological polar surface area (TPSA) is 122 Å². The van der Waals surface area contributed by atoms with Gasteiger partial charge in [0.2, 0.25) is 10.0 Å². The number of morpholine rings is 1. The Labute approximate surface area is 241 Å². The van der Waals surface area contributed by atoms with Gasteiger partial charge in [0.25, 0.3) is 5.91 Å². The van der Waals surface area contributed by atoms with Crippen molar-refractivity contribution in [1.29, 1.82) is 0 Å². The zero-order chi connectivity index (χ0) is 28.6. The van der Waals surface area contributed by atoms with E-state index in [-0.39, 0.29) is 39.4 Å². The summed E-state index contributed by atoms with van der Waals surface area (Å²) in [6.45, 7) is 3.66. The third kappa shape index (κ3) is 5.74. The summed E-state index contributed by atoms with van der Waals surface area (Å²) in [5.74, 6) is -1.68. The lowest BCUT2D eigenvalue weighted by Crippen LogP contribution is -2.48. The lowest BCUT2D eigenvalue weighted by Gasteiger charge is -2.34. The van der Waals surface area contributed by atoms with Gasteiger partial charge in [0.05, 0.1) is 27.7 Å². The van der Waals surface area contributed by atoms with Crippen LogP contribution in [0.4, 0.5) is 0 Å². The van der Waals surface area contributed by atoms with Gasteiger partial charge in [-0.2, -0.15) is 9.40 Å². The number of para-hydroxylation sites is 1. The molecule has 5 rings (SSSR count). The van der Waals surface area contributed by atoms with Crippen LogP contribution in [-0.4, -0.2) is 80.5 Å². The van der Waals surface area contributed by atoms with Gasteiger partial charge in [0, 0.05) is 30.4 Å². The fourth-order valence-corrected chi connectivity index (χ4v) is 7.51. The summed E-state index contributed by atoms with van der Waals surface area (Å²) in [6.07, 6.45) is 2.89. The Morgan fingerprint density at radius 2 is 1.85 bits per heavy atom. The molecule has 2 saturated heterocycles. The summed E-state index contributed by atoms with van der Waals surface area (Å²) < 4.78 is 36.1. The van der Waals surface area contributed by atoms with Crippen molar-refractivity contribution in [2.45, 2.75) is 31.0 Å². The number of hydrogen-bond donors (Lipinski definition) is 1. The van der Waals surface area contributed by atoms with Crippen LogP contribution in [0.5, 0.6) is 0 Å². The maximum Gasteiger partial charge on any atom is 0.323 e. The van der Waals surface area contributed by atoms with Gasteiger partial charge in [-0.05, 0) is 44.2 Å². The maximum absolute atomic E-state index is 13.6. The van der Waals surface area contributed by atoms with E-state index in [2.05, 4.69) is 0 Å². The van der Waals surface area contributed by atoms with Crippen LogP contribution in [-0.2, 0) is 24.3 Å².